The number of carboxylic acid groups (broad SMARTS) is 1. The number of carbonyl (C=O) groups excluding carboxylic acids is 9. The summed E-state index contributed by atoms with van der Waals surface area (Å²) >= 11 is 6.84. The molecule has 0 aromatic heterocycles. The Kier molecular flexibility index (Phi) is 115. The van der Waals surface area contributed by atoms with E-state index in [4.69, 9.17) is 38.6 Å². The molecule has 2 unspecified atom stereocenters. The van der Waals surface area contributed by atoms with Crippen molar-refractivity contribution in [3.8, 4) is 0 Å². The number of carboxylic acids is 1. The molecular weight excluding hydrogens is 1670 g/mol. The van der Waals surface area contributed by atoms with E-state index >= 15 is 0 Å². The van der Waals surface area contributed by atoms with E-state index < -0.39 is 49.6 Å². The number of aliphatic hydroxyl groups excluding tert-OH is 3. The molecule has 1 aromatic carbocycles. The molecule has 2 fully saturated rings. The van der Waals surface area contributed by atoms with E-state index in [0.29, 0.717) is 13.1 Å². The summed E-state index contributed by atoms with van der Waals surface area (Å²) < 4.78 is 73.0. The van der Waals surface area contributed by atoms with Gasteiger partial charge in [0.2, 0.25) is 29.5 Å². The second-order valence-corrected chi connectivity index (χ2v) is 20.1. The second kappa shape index (κ2) is 89.0. The molecule has 520 valence electrons. The first-order valence-electron chi connectivity index (χ1n) is 25.5. The minimum atomic E-state index is -3.67. The summed E-state index contributed by atoms with van der Waals surface area (Å²) in [5.41, 5.74) is 6.01. The van der Waals surface area contributed by atoms with Crippen LogP contribution in [-0.2, 0) is 87.6 Å². The Morgan fingerprint density at radius 3 is 1.33 bits per heavy atom. The van der Waals surface area contributed by atoms with Crippen LogP contribution in [0.25, 0.3) is 0 Å². The van der Waals surface area contributed by atoms with E-state index in [1.54, 1.807) is 6.92 Å². The molecule has 5 amide bonds. The van der Waals surface area contributed by atoms with Gasteiger partial charge in [-0.25, -0.2) is 14.4 Å². The van der Waals surface area contributed by atoms with Gasteiger partial charge in [0.25, 0.3) is 0 Å². The summed E-state index contributed by atoms with van der Waals surface area (Å²) in [6, 6.07) is 6.06. The van der Waals surface area contributed by atoms with Crippen LogP contribution in [0.3, 0.4) is 0 Å². The Hall–Kier alpha value is -2.21. The molecule has 0 radical (unpaired) electrons. The first kappa shape index (κ1) is 113. The average molecular weight is 1770 g/mol. The Balaban J connectivity index is -0.0000000555. The first-order valence-corrected chi connectivity index (χ1v) is 31.8. The van der Waals surface area contributed by atoms with E-state index in [1.807, 2.05) is 44.2 Å². The van der Waals surface area contributed by atoms with E-state index in [-0.39, 0.29) is 136 Å². The molecule has 0 saturated carbocycles. The molecule has 0 aliphatic carbocycles. The Labute approximate surface area is 596 Å². The van der Waals surface area contributed by atoms with Gasteiger partial charge in [0.15, 0.2) is 12.1 Å². The Morgan fingerprint density at radius 2 is 1.08 bits per heavy atom. The molecule has 0 bridgehead atoms. The van der Waals surface area contributed by atoms with Gasteiger partial charge in [0.05, 0.1) is 63.8 Å². The fourth-order valence-electron chi connectivity index (χ4n) is 4.23. The summed E-state index contributed by atoms with van der Waals surface area (Å²) in [4.78, 5) is 108. The molecule has 40 heteroatoms. The summed E-state index contributed by atoms with van der Waals surface area (Å²) in [6.07, 6.45) is 0. The zero-order valence-corrected chi connectivity index (χ0v) is 64.1. The molecule has 2 aliphatic rings. The van der Waals surface area contributed by atoms with Gasteiger partial charge in [-0.3, -0.25) is 46.5 Å². The number of carbonyl (C=O) groups is 10. The third-order valence-corrected chi connectivity index (χ3v) is 7.63. The maximum atomic E-state index is 11.8. The summed E-state index contributed by atoms with van der Waals surface area (Å²) in [7, 11) is 11.5. The minimum absolute atomic E-state index is 0. The largest absolute Gasteiger partial charge is 1.00 e. The van der Waals surface area contributed by atoms with Gasteiger partial charge in [-0.05, 0) is 16.9 Å². The van der Waals surface area contributed by atoms with Crippen molar-refractivity contribution in [3.63, 3.8) is 0 Å². The Morgan fingerprint density at radius 1 is 0.750 bits per heavy atom. The number of methoxy groups -OCH3 is 7. The summed E-state index contributed by atoms with van der Waals surface area (Å²) in [6.45, 7) is 15.0. The van der Waals surface area contributed by atoms with Crippen LogP contribution in [0.2, 0.25) is 0 Å². The number of aliphatic hydroxyl groups is 3. The van der Waals surface area contributed by atoms with Crippen LogP contribution < -0.4 is 51.2 Å². The molecule has 88 heavy (non-hydrogen) atoms. The predicted octanol–water partition coefficient (Wildman–Crippen LogP) is -0.790. The predicted molar refractivity (Wildman–Crippen MR) is 369 cm³/mol. The molecule has 0 spiro atoms. The molecule has 3 rings (SSSR count). The topological polar surface area (TPSA) is 445 Å². The van der Waals surface area contributed by atoms with Crippen LogP contribution in [0.1, 0.15) is 65.3 Å². The van der Waals surface area contributed by atoms with Gasteiger partial charge in [-0.1, -0.05) is 119 Å². The molecule has 1 aromatic rings. The average Bonchev–Trinajstić information content (AvgIpc) is 4.32. The number of nitrogens with two attached hydrogens (primary N) is 1. The van der Waals surface area contributed by atoms with Gasteiger partial charge in [0, 0.05) is 78.8 Å². The summed E-state index contributed by atoms with van der Waals surface area (Å²) in [5, 5.41) is 44.0. The quantitative estimate of drug-likeness (QED) is 0.0164. The van der Waals surface area contributed by atoms with E-state index in [1.165, 1.54) is 89.2 Å². The number of hydrogen-bond donors (Lipinski definition) is 10. The van der Waals surface area contributed by atoms with E-state index in [9.17, 15) is 60.9 Å². The number of nitrogens with zero attached hydrogens (tertiary/aromatic N) is 1. The van der Waals surface area contributed by atoms with Crippen molar-refractivity contribution in [2.24, 2.45) is 5.73 Å². The molecular formula is C48H99BF3I4LiN7O22P2+. The van der Waals surface area contributed by atoms with Crippen molar-refractivity contribution in [2.45, 2.75) is 98.2 Å². The van der Waals surface area contributed by atoms with Crippen molar-refractivity contribution in [1.82, 2.24) is 31.5 Å². The van der Waals surface area contributed by atoms with Gasteiger partial charge < -0.3 is 96.3 Å². The molecule has 2 aliphatic heterocycles. The van der Waals surface area contributed by atoms with Crippen LogP contribution in [0, 0.1) is 0 Å². The second-order valence-electron chi connectivity index (χ2n) is 14.1. The third kappa shape index (κ3) is 92.5. The summed E-state index contributed by atoms with van der Waals surface area (Å²) in [5.74, 6) is -3.92. The van der Waals surface area contributed by atoms with Crippen LogP contribution >= 0.6 is 110 Å². The number of ether oxygens (including phenoxy) is 7. The number of amides is 5. The third-order valence-electron chi connectivity index (χ3n) is 7.63. The Bertz CT molecular complexity index is 1840. The number of hydrogen-bond acceptors (Lipinski definition) is 23. The molecule has 2 heterocycles. The smallest absolute Gasteiger partial charge is 0.870 e. The van der Waals surface area contributed by atoms with Crippen molar-refractivity contribution in [1.29, 1.82) is 0 Å². The standard InChI is InChI=1S/C13H18N2O3.C7H13NO4.C6H11NO4.C6H9NO3.C4H9NO3.C4H7NO2.C2H5I.C2H6O.C2H6.CH2I2.CH4O.BF3.HI.Li.H2O.H4P2.H2/c1-10(16)15-12(9-18-2)13(17)14-8-11-6-4-3-5-7-11;1-5(9)8-6(4-11-2)7(10)12-3;1-4(8)7-5(3-11-2)6(9)10;1-4(8)7-3-5(7)6(9)10-2;1-8-4(7)3(5)2-6;1-7-4(6)3-2-5-3;2*1-2-3;1-2;2-1-3;1-2;2-1(3)4;;;;1-2;/h3-7,12H,8-9H2,1-2H3,(H,14,17)(H,15,16);6H,4H2,1-3H3,(H,8,9);5H,3H2,1-2H3,(H,7,8)(H,9,10);5H,3H2,1-2H3;3,6H,2,5H2,1H3;3,5H,2H2,1H3;2H2,1H3;3H,2H2,1H3;1-2H3;1H2;2H,1H3;;1H;;1H2;1-2H2;1H/q;;;;;;;;;;;;;+1;;;/t12-;6-;5-;5-,7?;2*3-;;;;;;;;;;;/m111111.........../s1/i;;;;;;;;;;;;;;;;1+2D. The first-order chi connectivity index (χ1) is 41.0. The maximum Gasteiger partial charge on any atom is 1.00 e. The number of nitrogens with one attached hydrogen (secondary N) is 5. The number of alkyl halides is 3. The molecule has 2 saturated heterocycles. The number of aliphatic carboxylic acids is 1. The van der Waals surface area contributed by atoms with Crippen LogP contribution in [-0.4, -0.2) is 244 Å². The molecule has 29 nitrogen and oxygen atoms in total. The van der Waals surface area contributed by atoms with Crippen LogP contribution in [0.15, 0.2) is 30.3 Å². The number of halogens is 7. The molecule has 8 atom stereocenters. The fourth-order valence-corrected chi connectivity index (χ4v) is 4.23. The van der Waals surface area contributed by atoms with Crippen molar-refractivity contribution in [3.05, 3.63) is 35.9 Å². The van der Waals surface area contributed by atoms with Gasteiger partial charge in [-0.15, -0.1) is 41.8 Å². The zero-order chi connectivity index (χ0) is 71.1. The van der Waals surface area contributed by atoms with E-state index in [0.717, 1.165) is 19.2 Å². The number of rotatable bonds is 18. The minimum Gasteiger partial charge on any atom is -0.870 e. The van der Waals surface area contributed by atoms with Gasteiger partial charge >= 0.3 is 57.7 Å². The number of esters is 4. The monoisotopic (exact) mass is 1770 g/mol. The maximum absolute atomic E-state index is 11.8. The van der Waals surface area contributed by atoms with Gasteiger partial charge in [0.1, 0.15) is 24.2 Å². The van der Waals surface area contributed by atoms with Crippen molar-refractivity contribution in [2.75, 3.05) is 110 Å². The van der Waals surface area contributed by atoms with Crippen molar-refractivity contribution < 1.29 is 143 Å². The van der Waals surface area contributed by atoms with E-state index in [2.05, 4.69) is 143 Å². The number of benzene rings is 1. The van der Waals surface area contributed by atoms with Gasteiger partial charge in [-0.2, -0.15) is 0 Å². The fraction of sp³-hybridized carbons (Fsp3) is 0.667. The van der Waals surface area contributed by atoms with Crippen molar-refractivity contribution >= 4 is 177 Å². The zero-order valence-electron chi connectivity index (χ0n) is 56.0. The van der Waals surface area contributed by atoms with Crippen LogP contribution in [0.5, 0.6) is 0 Å². The molecule has 12 N–H and O–H groups in total. The SMILES string of the molecule is CC.CCI.CCO.CO.COC(=O)[C@H](N)CO.COC(=O)[C@H]1CN1.COC(=O)[C@H]1CN1C(C)=O.COC[C@@H](NC(C)=O)C(=O)NCc1ccccc1.COC[C@@H](NC(C)=O)C(=O)O.COC[C@@H](NC(C)=O)C(=O)OC.FB(F)F.I.ICI.PP.[2H][3H].[H+].[Li+].[OH-]. The normalized spacial score (nSPS) is 12.6. The van der Waals surface area contributed by atoms with Crippen LogP contribution in [0.4, 0.5) is 12.9 Å².